The second-order valence-electron chi connectivity index (χ2n) is 4.57. The lowest BCUT2D eigenvalue weighted by Gasteiger charge is -2.16. The average Bonchev–Trinajstić information content (AvgIpc) is 2.48. The van der Waals surface area contributed by atoms with Gasteiger partial charge in [0.25, 0.3) is 5.71 Å². The number of benzene rings is 1. The van der Waals surface area contributed by atoms with E-state index >= 15 is 0 Å². The first-order chi connectivity index (χ1) is 10.1. The van der Waals surface area contributed by atoms with Crippen LogP contribution in [0.15, 0.2) is 53.9 Å². The third kappa shape index (κ3) is 3.72. The topological polar surface area (TPSA) is 50.6 Å². The average molecular weight is 287 g/mol. The Bertz CT molecular complexity index is 616. The Hall–Kier alpha value is -2.56. The number of para-hydroxylation sites is 1. The standard InChI is InChI=1S/C16H18N2O3/c1-12(19)17-14-10-7-11-15(18(2)20-3)16(14)21-13-8-5-4-6-9-13/h4-10H,11H2,1-3H3/p+1. The number of nitrogens with zero attached hydrogens (tertiary/aromatic N) is 1. The van der Waals surface area contributed by atoms with E-state index < -0.39 is 0 Å². The van der Waals surface area contributed by atoms with Gasteiger partial charge in [0, 0.05) is 6.92 Å². The molecule has 0 saturated carbocycles. The highest BCUT2D eigenvalue weighted by Crippen LogP contribution is 2.20. The number of carbonyl (C=O) groups is 1. The van der Waals surface area contributed by atoms with Crippen LogP contribution >= 0.6 is 0 Å². The van der Waals surface area contributed by atoms with Gasteiger partial charge in [-0.3, -0.25) is 9.63 Å². The minimum atomic E-state index is -0.148. The van der Waals surface area contributed by atoms with E-state index in [0.29, 0.717) is 23.6 Å². The molecule has 0 unspecified atom stereocenters. The predicted molar refractivity (Wildman–Crippen MR) is 79.9 cm³/mol. The highest BCUT2D eigenvalue weighted by molar-refractivity contribution is 5.98. The van der Waals surface area contributed by atoms with Crippen LogP contribution in [0.25, 0.3) is 0 Å². The Balaban J connectivity index is 2.44. The van der Waals surface area contributed by atoms with Crippen molar-refractivity contribution in [3.63, 3.8) is 0 Å². The maximum Gasteiger partial charge on any atom is 0.275 e. The molecule has 5 nitrogen and oxygen atoms in total. The molecule has 0 spiro atoms. The molecule has 1 aromatic rings. The van der Waals surface area contributed by atoms with Crippen LogP contribution in [-0.2, 0) is 9.63 Å². The molecule has 0 heterocycles. The van der Waals surface area contributed by atoms with E-state index in [0.717, 1.165) is 5.71 Å². The van der Waals surface area contributed by atoms with Gasteiger partial charge in [-0.05, 0) is 22.9 Å². The van der Waals surface area contributed by atoms with Gasteiger partial charge in [0.1, 0.15) is 12.9 Å². The molecule has 0 bridgehead atoms. The monoisotopic (exact) mass is 287 g/mol. The predicted octanol–water partition coefficient (Wildman–Crippen LogP) is 2.02. The van der Waals surface area contributed by atoms with Crippen molar-refractivity contribution in [3.05, 3.63) is 53.9 Å². The highest BCUT2D eigenvalue weighted by atomic mass is 16.7. The van der Waals surface area contributed by atoms with Gasteiger partial charge in [0.05, 0.1) is 12.1 Å². The summed E-state index contributed by atoms with van der Waals surface area (Å²) in [7, 11) is 3.39. The maximum atomic E-state index is 11.4. The van der Waals surface area contributed by atoms with E-state index in [4.69, 9.17) is 9.57 Å². The molecule has 5 heteroatoms. The Morgan fingerprint density at radius 1 is 1.29 bits per heavy atom. The van der Waals surface area contributed by atoms with Crippen LogP contribution in [0.5, 0.6) is 5.75 Å². The van der Waals surface area contributed by atoms with Gasteiger partial charge < -0.3 is 10.1 Å². The fraction of sp³-hybridized carbons (Fsp3) is 0.250. The lowest BCUT2D eigenvalue weighted by molar-refractivity contribution is -0.761. The summed E-state index contributed by atoms with van der Waals surface area (Å²) in [6.45, 7) is 1.47. The number of hydrogen-bond acceptors (Lipinski definition) is 3. The molecule has 1 aromatic carbocycles. The van der Waals surface area contributed by atoms with Gasteiger partial charge in [-0.15, -0.1) is 0 Å². The zero-order chi connectivity index (χ0) is 15.2. The molecule has 0 saturated heterocycles. The Morgan fingerprint density at radius 2 is 2.00 bits per heavy atom. The first-order valence-corrected chi connectivity index (χ1v) is 6.67. The van der Waals surface area contributed by atoms with E-state index in [-0.39, 0.29) is 5.91 Å². The molecule has 2 rings (SSSR count). The van der Waals surface area contributed by atoms with Crippen LogP contribution in [0, 0.1) is 0 Å². The SMILES string of the molecule is CO/[N+](C)=C1\CC=CC(NC(C)=O)=C1Oc1ccccc1. The summed E-state index contributed by atoms with van der Waals surface area (Å²) in [6.07, 6.45) is 4.45. The van der Waals surface area contributed by atoms with Crippen molar-refractivity contribution < 1.29 is 19.1 Å². The van der Waals surface area contributed by atoms with Crippen LogP contribution in [0.2, 0.25) is 0 Å². The summed E-state index contributed by atoms with van der Waals surface area (Å²) in [4.78, 5) is 16.6. The van der Waals surface area contributed by atoms with E-state index in [9.17, 15) is 4.79 Å². The summed E-state index contributed by atoms with van der Waals surface area (Å²) >= 11 is 0. The second kappa shape index (κ2) is 6.74. The van der Waals surface area contributed by atoms with Gasteiger partial charge >= 0.3 is 0 Å². The lowest BCUT2D eigenvalue weighted by atomic mass is 10.1. The smallest absolute Gasteiger partial charge is 0.275 e. The largest absolute Gasteiger partial charge is 0.448 e. The van der Waals surface area contributed by atoms with Crippen molar-refractivity contribution in [2.24, 2.45) is 0 Å². The number of allylic oxidation sites excluding steroid dienone is 3. The third-order valence-corrected chi connectivity index (χ3v) is 3.03. The first kappa shape index (κ1) is 14.8. The van der Waals surface area contributed by atoms with Crippen LogP contribution in [0.3, 0.4) is 0 Å². The van der Waals surface area contributed by atoms with Crippen LogP contribution in [-0.4, -0.2) is 30.5 Å². The van der Waals surface area contributed by atoms with E-state index in [2.05, 4.69) is 5.32 Å². The van der Waals surface area contributed by atoms with Crippen molar-refractivity contribution in [1.82, 2.24) is 5.32 Å². The molecule has 110 valence electrons. The maximum absolute atomic E-state index is 11.4. The number of hydroxylamine groups is 1. The molecule has 1 aliphatic carbocycles. The fourth-order valence-corrected chi connectivity index (χ4v) is 2.00. The molecule has 1 aliphatic rings. The molecule has 1 amide bonds. The van der Waals surface area contributed by atoms with Crippen molar-refractivity contribution in [2.75, 3.05) is 14.2 Å². The minimum Gasteiger partial charge on any atom is -0.448 e. The van der Waals surface area contributed by atoms with Crippen molar-refractivity contribution >= 4 is 11.6 Å². The van der Waals surface area contributed by atoms with Gasteiger partial charge in [-0.2, -0.15) is 0 Å². The van der Waals surface area contributed by atoms with Gasteiger partial charge in [-0.25, -0.2) is 0 Å². The molecule has 0 fully saturated rings. The van der Waals surface area contributed by atoms with Crippen molar-refractivity contribution in [3.8, 4) is 5.75 Å². The van der Waals surface area contributed by atoms with Crippen LogP contribution < -0.4 is 10.1 Å². The summed E-state index contributed by atoms with van der Waals surface area (Å²) in [5, 5.41) is 2.79. The number of rotatable bonds is 4. The highest BCUT2D eigenvalue weighted by Gasteiger charge is 2.27. The molecule has 0 atom stereocenters. The van der Waals surface area contributed by atoms with Crippen molar-refractivity contribution in [1.29, 1.82) is 0 Å². The lowest BCUT2D eigenvalue weighted by Crippen LogP contribution is -2.30. The van der Waals surface area contributed by atoms with E-state index in [1.54, 1.807) is 18.9 Å². The zero-order valence-electron chi connectivity index (χ0n) is 12.4. The molecule has 0 aromatic heterocycles. The summed E-state index contributed by atoms with van der Waals surface area (Å²) < 4.78 is 7.59. The first-order valence-electron chi connectivity index (χ1n) is 6.67. The molecule has 0 aliphatic heterocycles. The molecule has 0 radical (unpaired) electrons. The number of carbonyl (C=O) groups excluding carboxylic acids is 1. The summed E-state index contributed by atoms with van der Waals surface area (Å²) in [5.41, 5.74) is 1.46. The van der Waals surface area contributed by atoms with E-state index in [1.807, 2.05) is 42.5 Å². The second-order valence-corrected chi connectivity index (χ2v) is 4.57. The van der Waals surface area contributed by atoms with Gasteiger partial charge in [0.2, 0.25) is 11.7 Å². The fourth-order valence-electron chi connectivity index (χ4n) is 2.00. The quantitative estimate of drug-likeness (QED) is 0.681. The third-order valence-electron chi connectivity index (χ3n) is 3.03. The Kier molecular flexibility index (Phi) is 4.77. The molecular formula is C16H19N2O3+. The molecule has 21 heavy (non-hydrogen) atoms. The number of nitrogens with one attached hydrogen (secondary N) is 1. The normalized spacial score (nSPS) is 16.5. The Morgan fingerprint density at radius 3 is 2.62 bits per heavy atom. The van der Waals surface area contributed by atoms with Crippen molar-refractivity contribution in [2.45, 2.75) is 13.3 Å². The van der Waals surface area contributed by atoms with E-state index in [1.165, 1.54) is 6.92 Å². The molecular weight excluding hydrogens is 268 g/mol. The van der Waals surface area contributed by atoms with Crippen LogP contribution in [0.4, 0.5) is 0 Å². The number of hydrogen-bond donors (Lipinski definition) is 1. The molecule has 1 N–H and O–H groups in total. The summed E-state index contributed by atoms with van der Waals surface area (Å²) in [5.74, 6) is 1.14. The van der Waals surface area contributed by atoms with Gasteiger partial charge in [-0.1, -0.05) is 24.3 Å². The minimum absolute atomic E-state index is 0.148. The summed E-state index contributed by atoms with van der Waals surface area (Å²) in [6, 6.07) is 9.43. The van der Waals surface area contributed by atoms with Gasteiger partial charge in [0.15, 0.2) is 7.05 Å². The zero-order valence-corrected chi connectivity index (χ0v) is 12.4. The number of ether oxygens (including phenoxy) is 1. The van der Waals surface area contributed by atoms with Crippen LogP contribution in [0.1, 0.15) is 13.3 Å². The Labute approximate surface area is 124 Å². The number of amides is 1.